The van der Waals surface area contributed by atoms with E-state index in [1.165, 1.54) is 7.11 Å². The highest BCUT2D eigenvalue weighted by Crippen LogP contribution is 2.52. The number of hydrogen-bond acceptors (Lipinski definition) is 7. The van der Waals surface area contributed by atoms with Crippen LogP contribution in [0.25, 0.3) is 0 Å². The molecule has 194 valence electrons. The largest absolute Gasteiger partial charge is 0.493 e. The molecular formula is C27H34N2O7. The van der Waals surface area contributed by atoms with Gasteiger partial charge in [0.25, 0.3) is 0 Å². The van der Waals surface area contributed by atoms with Crippen molar-refractivity contribution in [1.29, 1.82) is 0 Å². The third-order valence-corrected chi connectivity index (χ3v) is 8.16. The fraction of sp³-hybridized carbons (Fsp3) is 0.593. The lowest BCUT2D eigenvalue weighted by atomic mass is 9.76. The van der Waals surface area contributed by atoms with Crippen LogP contribution < -0.4 is 14.8 Å². The maximum atomic E-state index is 13.7. The third kappa shape index (κ3) is 4.18. The summed E-state index contributed by atoms with van der Waals surface area (Å²) in [5.74, 6) is -0.323. The van der Waals surface area contributed by atoms with Gasteiger partial charge in [-0.05, 0) is 43.9 Å². The molecule has 4 aliphatic rings. The highest BCUT2D eigenvalue weighted by molar-refractivity contribution is 5.96. The second kappa shape index (κ2) is 10.2. The molecule has 4 atom stereocenters. The van der Waals surface area contributed by atoms with Crippen LogP contribution in [0.2, 0.25) is 0 Å². The number of hydrogen-bond donors (Lipinski definition) is 3. The van der Waals surface area contributed by atoms with Gasteiger partial charge in [0.1, 0.15) is 18.5 Å². The molecular weight excluding hydrogens is 464 g/mol. The molecule has 0 bridgehead atoms. The zero-order valence-corrected chi connectivity index (χ0v) is 20.5. The number of nitrogens with one attached hydrogen (secondary N) is 1. The second-order valence-electron chi connectivity index (χ2n) is 10.2. The molecule has 0 radical (unpaired) electrons. The summed E-state index contributed by atoms with van der Waals surface area (Å²) in [7, 11) is 1.47. The Morgan fingerprint density at radius 3 is 2.56 bits per heavy atom. The van der Waals surface area contributed by atoms with Crippen molar-refractivity contribution in [3.05, 3.63) is 34.9 Å². The number of aldehydes is 1. The normalized spacial score (nSPS) is 27.2. The Morgan fingerprint density at radius 2 is 1.94 bits per heavy atom. The van der Waals surface area contributed by atoms with Crippen molar-refractivity contribution in [2.75, 3.05) is 20.3 Å². The number of carbonyl (C=O) groups is 3. The van der Waals surface area contributed by atoms with E-state index >= 15 is 0 Å². The van der Waals surface area contributed by atoms with Gasteiger partial charge in [0.2, 0.25) is 11.8 Å². The number of nitrogens with zero attached hydrogens (tertiary/aromatic N) is 1. The predicted octanol–water partition coefficient (Wildman–Crippen LogP) is 1.70. The van der Waals surface area contributed by atoms with Crippen LogP contribution in [0.5, 0.6) is 11.5 Å². The van der Waals surface area contributed by atoms with Crippen LogP contribution in [0.3, 0.4) is 0 Å². The molecule has 9 heteroatoms. The molecule has 1 aliphatic heterocycles. The minimum absolute atomic E-state index is 0.00674. The smallest absolute Gasteiger partial charge is 0.247 e. The summed E-state index contributed by atoms with van der Waals surface area (Å²) in [4.78, 5) is 40.4. The molecule has 36 heavy (non-hydrogen) atoms. The Morgan fingerprint density at radius 1 is 1.19 bits per heavy atom. The van der Waals surface area contributed by atoms with Crippen LogP contribution in [-0.2, 0) is 9.59 Å². The van der Waals surface area contributed by atoms with E-state index in [4.69, 9.17) is 9.47 Å². The third-order valence-electron chi connectivity index (χ3n) is 8.16. The summed E-state index contributed by atoms with van der Waals surface area (Å²) >= 11 is 0. The van der Waals surface area contributed by atoms with Crippen LogP contribution >= 0.6 is 0 Å². The van der Waals surface area contributed by atoms with Crippen molar-refractivity contribution in [3.8, 4) is 11.5 Å². The first-order chi connectivity index (χ1) is 17.5. The molecule has 3 N–H and O–H groups in total. The van der Waals surface area contributed by atoms with Crippen molar-refractivity contribution >= 4 is 18.1 Å². The fourth-order valence-corrected chi connectivity index (χ4v) is 6.15. The summed E-state index contributed by atoms with van der Waals surface area (Å²) in [5.41, 5.74) is 1.31. The monoisotopic (exact) mass is 498 g/mol. The molecule has 1 heterocycles. The number of benzene rings is 1. The van der Waals surface area contributed by atoms with E-state index in [0.29, 0.717) is 34.5 Å². The van der Waals surface area contributed by atoms with Crippen molar-refractivity contribution in [2.45, 2.75) is 75.2 Å². The van der Waals surface area contributed by atoms with Gasteiger partial charge >= 0.3 is 0 Å². The van der Waals surface area contributed by atoms with E-state index in [1.54, 1.807) is 18.2 Å². The highest BCUT2D eigenvalue weighted by Gasteiger charge is 2.53. The van der Waals surface area contributed by atoms with Gasteiger partial charge in [-0.1, -0.05) is 19.3 Å². The molecule has 0 aromatic heterocycles. The molecule has 1 aromatic carbocycles. The first kappa shape index (κ1) is 24.8. The molecule has 1 aromatic rings. The van der Waals surface area contributed by atoms with E-state index < -0.39 is 30.1 Å². The molecule has 0 unspecified atom stereocenters. The number of fused-ring (bicyclic) bond motifs is 3. The van der Waals surface area contributed by atoms with Crippen molar-refractivity contribution in [1.82, 2.24) is 10.2 Å². The zero-order chi connectivity index (χ0) is 25.4. The number of aliphatic hydroxyl groups is 2. The van der Waals surface area contributed by atoms with E-state index in [9.17, 15) is 24.6 Å². The van der Waals surface area contributed by atoms with Gasteiger partial charge in [-0.3, -0.25) is 14.4 Å². The predicted molar refractivity (Wildman–Crippen MR) is 130 cm³/mol. The first-order valence-electron chi connectivity index (χ1n) is 12.9. The lowest BCUT2D eigenvalue weighted by molar-refractivity contribution is -0.147. The zero-order valence-electron chi connectivity index (χ0n) is 20.5. The highest BCUT2D eigenvalue weighted by atomic mass is 16.5. The van der Waals surface area contributed by atoms with Gasteiger partial charge in [0.05, 0.1) is 25.7 Å². The Hall–Kier alpha value is -2.91. The topological polar surface area (TPSA) is 125 Å². The van der Waals surface area contributed by atoms with Crippen LogP contribution in [0, 0.1) is 5.92 Å². The summed E-state index contributed by atoms with van der Waals surface area (Å²) in [5, 5.41) is 23.7. The second-order valence-corrected chi connectivity index (χ2v) is 10.2. The Balaban J connectivity index is 1.59. The number of rotatable bonds is 8. The van der Waals surface area contributed by atoms with Crippen LogP contribution in [0.4, 0.5) is 0 Å². The summed E-state index contributed by atoms with van der Waals surface area (Å²) in [6.45, 7) is -0.150. The Bertz CT molecular complexity index is 1060. The molecule has 2 saturated carbocycles. The van der Waals surface area contributed by atoms with Crippen LogP contribution in [0.1, 0.15) is 66.8 Å². The van der Waals surface area contributed by atoms with E-state index in [2.05, 4.69) is 5.32 Å². The van der Waals surface area contributed by atoms with E-state index in [1.807, 2.05) is 4.90 Å². The quantitative estimate of drug-likeness (QED) is 0.466. The summed E-state index contributed by atoms with van der Waals surface area (Å²) < 4.78 is 11.7. The maximum Gasteiger partial charge on any atom is 0.247 e. The molecule has 2 fully saturated rings. The average Bonchev–Trinajstić information content (AvgIpc) is 3.51. The summed E-state index contributed by atoms with van der Waals surface area (Å²) in [6.07, 6.45) is 7.00. The number of carbonyl (C=O) groups excluding carboxylic acids is 3. The molecule has 0 spiro atoms. The van der Waals surface area contributed by atoms with Gasteiger partial charge in [0, 0.05) is 35.2 Å². The minimum atomic E-state index is -1.08. The lowest BCUT2D eigenvalue weighted by Gasteiger charge is -2.45. The van der Waals surface area contributed by atoms with Gasteiger partial charge < -0.3 is 29.9 Å². The van der Waals surface area contributed by atoms with Crippen LogP contribution in [-0.4, -0.2) is 77.8 Å². The molecule has 5 rings (SSSR count). The molecule has 0 saturated heterocycles. The molecule has 2 amide bonds. The lowest BCUT2D eigenvalue weighted by Crippen LogP contribution is -2.59. The van der Waals surface area contributed by atoms with Crippen molar-refractivity contribution in [2.24, 2.45) is 5.92 Å². The molecule has 9 nitrogen and oxygen atoms in total. The number of amides is 2. The van der Waals surface area contributed by atoms with Gasteiger partial charge in [0.15, 0.2) is 11.5 Å². The van der Waals surface area contributed by atoms with Crippen molar-refractivity contribution < 1.29 is 34.1 Å². The summed E-state index contributed by atoms with van der Waals surface area (Å²) in [6, 6.07) is 2.51. The number of ether oxygens (including phenoxy) is 2. The SMILES string of the molecule is COc1cc(C=O)cc2c1O[C@@H]1[C@@H](O)[C@H](N(C(=O)C3CCC3)C3CCCC3)C=C(C(=O)NCCO)[C@H]21. The minimum Gasteiger partial charge on any atom is -0.493 e. The number of methoxy groups -OCH3 is 1. The molecule has 3 aliphatic carbocycles. The maximum absolute atomic E-state index is 13.7. The Kier molecular flexibility index (Phi) is 7.03. The van der Waals surface area contributed by atoms with Gasteiger partial charge in [-0.15, -0.1) is 0 Å². The first-order valence-corrected chi connectivity index (χ1v) is 12.9. The van der Waals surface area contributed by atoms with E-state index in [0.717, 1.165) is 44.9 Å². The van der Waals surface area contributed by atoms with Gasteiger partial charge in [-0.25, -0.2) is 0 Å². The average molecular weight is 499 g/mol. The van der Waals surface area contributed by atoms with Crippen LogP contribution in [0.15, 0.2) is 23.8 Å². The standard InChI is InChI=1S/C27H34N2O7/c1-35-21-12-15(14-31)11-18-22-19(26(33)28-9-10-30)13-20(23(32)25(22)36-24(18)21)29(17-7-2-3-8-17)27(34)16-5-4-6-16/h11-14,16-17,20,22-23,25,30,32H,2-10H2,1H3,(H,28,33)/t20-,22+,23+,25+/m1/s1. The number of aliphatic hydroxyl groups excluding tert-OH is 2. The van der Waals surface area contributed by atoms with Gasteiger partial charge in [-0.2, -0.15) is 0 Å². The Labute approximate surface area is 210 Å². The fourth-order valence-electron chi connectivity index (χ4n) is 6.15. The van der Waals surface area contributed by atoms with Crippen molar-refractivity contribution in [3.63, 3.8) is 0 Å². The van der Waals surface area contributed by atoms with E-state index in [-0.39, 0.29) is 31.0 Å².